The largest absolute Gasteiger partial charge is 0.372 e. The van der Waals surface area contributed by atoms with Crippen molar-refractivity contribution >= 4 is 5.91 Å². The number of carbonyl (C=O) groups is 1. The highest BCUT2D eigenvalue weighted by atomic mass is 16.5. The zero-order chi connectivity index (χ0) is 15.5. The molecular weight excluding hydrogens is 264 g/mol. The fourth-order valence-corrected chi connectivity index (χ4v) is 2.41. The van der Waals surface area contributed by atoms with Crippen LogP contribution in [0.1, 0.15) is 35.3 Å². The summed E-state index contributed by atoms with van der Waals surface area (Å²) in [5.41, 5.74) is 7.69. The summed E-state index contributed by atoms with van der Waals surface area (Å²) >= 11 is 0. The Morgan fingerprint density at radius 3 is 2.90 bits per heavy atom. The van der Waals surface area contributed by atoms with E-state index in [2.05, 4.69) is 11.8 Å². The van der Waals surface area contributed by atoms with E-state index in [0.717, 1.165) is 11.1 Å². The number of hydrogen-bond donors (Lipinski definition) is 1. The highest BCUT2D eigenvalue weighted by molar-refractivity contribution is 5.94. The smallest absolute Gasteiger partial charge is 0.254 e. The molecule has 0 spiro atoms. The molecule has 1 fully saturated rings. The number of ether oxygens (including phenoxy) is 1. The van der Waals surface area contributed by atoms with E-state index in [0.29, 0.717) is 31.8 Å². The van der Waals surface area contributed by atoms with Crippen molar-refractivity contribution in [3.8, 4) is 11.8 Å². The van der Waals surface area contributed by atoms with Gasteiger partial charge in [0.25, 0.3) is 5.91 Å². The SMILES string of the molecule is Cc1ccc(C(=O)N2CCOC(C)(C)C2)cc1C#CCN. The highest BCUT2D eigenvalue weighted by Crippen LogP contribution is 2.19. The van der Waals surface area contributed by atoms with E-state index < -0.39 is 0 Å². The van der Waals surface area contributed by atoms with Crippen LogP contribution in [0.3, 0.4) is 0 Å². The molecule has 1 aromatic rings. The molecule has 0 aliphatic carbocycles. The average molecular weight is 286 g/mol. The third-order valence-corrected chi connectivity index (χ3v) is 3.52. The van der Waals surface area contributed by atoms with Gasteiger partial charge in [-0.05, 0) is 38.5 Å². The van der Waals surface area contributed by atoms with Crippen LogP contribution < -0.4 is 5.73 Å². The predicted octanol–water partition coefficient (Wildman–Crippen LogP) is 1.56. The molecule has 1 aromatic carbocycles. The summed E-state index contributed by atoms with van der Waals surface area (Å²) in [5, 5.41) is 0. The molecule has 0 radical (unpaired) electrons. The lowest BCUT2D eigenvalue weighted by molar-refractivity contribution is -0.0764. The maximum Gasteiger partial charge on any atom is 0.254 e. The Hall–Kier alpha value is -1.83. The first-order valence-electron chi connectivity index (χ1n) is 7.16. The Kier molecular flexibility index (Phi) is 4.66. The normalized spacial score (nSPS) is 17.0. The van der Waals surface area contributed by atoms with Gasteiger partial charge in [0.1, 0.15) is 0 Å². The first-order chi connectivity index (χ1) is 9.93. The summed E-state index contributed by atoms with van der Waals surface area (Å²) < 4.78 is 5.65. The van der Waals surface area contributed by atoms with Crippen molar-refractivity contribution in [1.29, 1.82) is 0 Å². The molecule has 2 rings (SSSR count). The molecule has 0 saturated carbocycles. The van der Waals surface area contributed by atoms with Crippen LogP contribution in [-0.2, 0) is 4.74 Å². The van der Waals surface area contributed by atoms with Crippen LogP contribution in [0.4, 0.5) is 0 Å². The fraction of sp³-hybridized carbons (Fsp3) is 0.471. The van der Waals surface area contributed by atoms with E-state index in [-0.39, 0.29) is 11.5 Å². The molecule has 0 atom stereocenters. The quantitative estimate of drug-likeness (QED) is 0.797. The Labute approximate surface area is 126 Å². The van der Waals surface area contributed by atoms with Crippen LogP contribution in [0.25, 0.3) is 0 Å². The Balaban J connectivity index is 2.23. The van der Waals surface area contributed by atoms with E-state index in [4.69, 9.17) is 10.5 Å². The van der Waals surface area contributed by atoms with Gasteiger partial charge in [0.15, 0.2) is 0 Å². The number of nitrogens with zero attached hydrogens (tertiary/aromatic N) is 1. The zero-order valence-corrected chi connectivity index (χ0v) is 12.9. The molecule has 112 valence electrons. The van der Waals surface area contributed by atoms with Gasteiger partial charge in [-0.3, -0.25) is 4.79 Å². The Bertz CT molecular complexity index is 597. The maximum atomic E-state index is 12.6. The number of rotatable bonds is 1. The van der Waals surface area contributed by atoms with Crippen molar-refractivity contribution in [2.24, 2.45) is 5.73 Å². The Morgan fingerprint density at radius 1 is 1.48 bits per heavy atom. The number of carbonyl (C=O) groups excluding carboxylic acids is 1. The van der Waals surface area contributed by atoms with Gasteiger partial charge >= 0.3 is 0 Å². The summed E-state index contributed by atoms with van der Waals surface area (Å²) in [5.74, 6) is 5.88. The molecule has 1 amide bonds. The standard InChI is InChI=1S/C17H22N2O2/c1-13-6-7-15(11-14(13)5-4-8-18)16(20)19-9-10-21-17(2,3)12-19/h6-7,11H,8-10,12,18H2,1-3H3. The number of benzene rings is 1. The maximum absolute atomic E-state index is 12.6. The van der Waals surface area contributed by atoms with Crippen molar-refractivity contribution in [1.82, 2.24) is 4.90 Å². The van der Waals surface area contributed by atoms with Crippen molar-refractivity contribution < 1.29 is 9.53 Å². The van der Waals surface area contributed by atoms with Gasteiger partial charge in [-0.1, -0.05) is 17.9 Å². The van der Waals surface area contributed by atoms with Crippen LogP contribution in [0.15, 0.2) is 18.2 Å². The topological polar surface area (TPSA) is 55.6 Å². The van der Waals surface area contributed by atoms with Crippen LogP contribution in [0, 0.1) is 18.8 Å². The lowest BCUT2D eigenvalue weighted by Crippen LogP contribution is -2.50. The minimum atomic E-state index is -0.291. The molecule has 0 bridgehead atoms. The molecule has 0 unspecified atom stereocenters. The number of hydrogen-bond acceptors (Lipinski definition) is 3. The fourth-order valence-electron chi connectivity index (χ4n) is 2.41. The summed E-state index contributed by atoms with van der Waals surface area (Å²) in [6.45, 7) is 8.09. The first-order valence-corrected chi connectivity index (χ1v) is 7.16. The van der Waals surface area contributed by atoms with Gasteiger partial charge in [-0.15, -0.1) is 0 Å². The number of amides is 1. The van der Waals surface area contributed by atoms with E-state index >= 15 is 0 Å². The number of aryl methyl sites for hydroxylation is 1. The molecule has 2 N–H and O–H groups in total. The van der Waals surface area contributed by atoms with Crippen molar-refractivity contribution in [2.75, 3.05) is 26.2 Å². The van der Waals surface area contributed by atoms with Crippen molar-refractivity contribution in [3.63, 3.8) is 0 Å². The number of nitrogens with two attached hydrogens (primary N) is 1. The molecule has 1 aliphatic heterocycles. The second-order valence-corrected chi connectivity index (χ2v) is 5.87. The molecule has 1 aliphatic rings. The van der Waals surface area contributed by atoms with Gasteiger partial charge in [0.05, 0.1) is 18.8 Å². The van der Waals surface area contributed by atoms with Gasteiger partial charge in [-0.25, -0.2) is 0 Å². The Morgan fingerprint density at radius 2 is 2.24 bits per heavy atom. The molecule has 21 heavy (non-hydrogen) atoms. The summed E-state index contributed by atoms with van der Waals surface area (Å²) in [6, 6.07) is 5.63. The van der Waals surface area contributed by atoms with Crippen molar-refractivity contribution in [3.05, 3.63) is 34.9 Å². The third kappa shape index (κ3) is 3.84. The van der Waals surface area contributed by atoms with E-state index in [9.17, 15) is 4.79 Å². The molecule has 4 nitrogen and oxygen atoms in total. The van der Waals surface area contributed by atoms with Crippen LogP contribution in [0.5, 0.6) is 0 Å². The molecule has 0 aromatic heterocycles. The monoisotopic (exact) mass is 286 g/mol. The average Bonchev–Trinajstić information content (AvgIpc) is 2.44. The third-order valence-electron chi connectivity index (χ3n) is 3.52. The second-order valence-electron chi connectivity index (χ2n) is 5.87. The van der Waals surface area contributed by atoms with Gasteiger partial charge in [0.2, 0.25) is 0 Å². The molecule has 1 saturated heterocycles. The van der Waals surface area contributed by atoms with E-state index in [1.54, 1.807) is 0 Å². The van der Waals surface area contributed by atoms with Gasteiger partial charge in [0, 0.05) is 24.2 Å². The van der Waals surface area contributed by atoms with E-state index in [1.165, 1.54) is 0 Å². The lowest BCUT2D eigenvalue weighted by atomic mass is 10.0. The highest BCUT2D eigenvalue weighted by Gasteiger charge is 2.30. The summed E-state index contributed by atoms with van der Waals surface area (Å²) in [7, 11) is 0. The van der Waals surface area contributed by atoms with Gasteiger partial charge in [-0.2, -0.15) is 0 Å². The molecular formula is C17H22N2O2. The van der Waals surface area contributed by atoms with Crippen molar-refractivity contribution in [2.45, 2.75) is 26.4 Å². The van der Waals surface area contributed by atoms with E-state index in [1.807, 2.05) is 43.9 Å². The first kappa shape index (κ1) is 15.6. The minimum absolute atomic E-state index is 0.0298. The van der Waals surface area contributed by atoms with Crippen LogP contribution in [-0.4, -0.2) is 42.6 Å². The molecule has 4 heteroatoms. The lowest BCUT2D eigenvalue weighted by Gasteiger charge is -2.38. The van der Waals surface area contributed by atoms with Crippen LogP contribution in [0.2, 0.25) is 0 Å². The second kappa shape index (κ2) is 6.30. The predicted molar refractivity (Wildman–Crippen MR) is 83.0 cm³/mol. The number of morpholine rings is 1. The van der Waals surface area contributed by atoms with Gasteiger partial charge < -0.3 is 15.4 Å². The van der Waals surface area contributed by atoms with Crippen LogP contribution >= 0.6 is 0 Å². The zero-order valence-electron chi connectivity index (χ0n) is 12.9. The minimum Gasteiger partial charge on any atom is -0.372 e. The summed E-state index contributed by atoms with van der Waals surface area (Å²) in [4.78, 5) is 14.5. The summed E-state index contributed by atoms with van der Waals surface area (Å²) in [6.07, 6.45) is 0. The molecule has 1 heterocycles.